The van der Waals surface area contributed by atoms with Crippen LogP contribution in [0.1, 0.15) is 18.5 Å². The molecule has 7 heteroatoms. The van der Waals surface area contributed by atoms with E-state index in [1.165, 1.54) is 7.11 Å². The number of methoxy groups -OCH3 is 1. The van der Waals surface area contributed by atoms with Crippen LogP contribution in [0.4, 0.5) is 4.79 Å². The van der Waals surface area contributed by atoms with Crippen molar-refractivity contribution in [3.8, 4) is 5.75 Å². The molecular weight excluding hydrogens is 328 g/mol. The monoisotopic (exact) mass is 340 g/mol. The third-order valence-corrected chi connectivity index (χ3v) is 4.30. The number of carbonyl (C=O) groups excluding carboxylic acids is 2. The van der Waals surface area contributed by atoms with Crippen molar-refractivity contribution in [2.45, 2.75) is 18.7 Å². The van der Waals surface area contributed by atoms with E-state index < -0.39 is 23.7 Å². The highest BCUT2D eigenvalue weighted by molar-refractivity contribution is 9.10. The Balaban J connectivity index is 2.18. The van der Waals surface area contributed by atoms with Gasteiger partial charge in [0, 0.05) is 5.56 Å². The standard InChI is InChI=1S/C13H13BrN2O4/c1-13-8(11(17)19-2)9(15-12(18)16-13)6-4-3-5-7(14)10(6)20-13/h3-5,8-9H,1-2H3,(H2,15,16,18). The van der Waals surface area contributed by atoms with Crippen molar-refractivity contribution >= 4 is 27.9 Å². The second kappa shape index (κ2) is 4.37. The fourth-order valence-electron chi connectivity index (χ4n) is 2.81. The van der Waals surface area contributed by atoms with E-state index in [1.54, 1.807) is 6.92 Å². The smallest absolute Gasteiger partial charge is 0.318 e. The number of urea groups is 1. The molecule has 0 radical (unpaired) electrons. The van der Waals surface area contributed by atoms with Crippen LogP contribution in [0.3, 0.4) is 0 Å². The van der Waals surface area contributed by atoms with Crippen molar-refractivity contribution in [1.82, 2.24) is 10.6 Å². The summed E-state index contributed by atoms with van der Waals surface area (Å²) in [7, 11) is 1.32. The van der Waals surface area contributed by atoms with Gasteiger partial charge in [-0.15, -0.1) is 0 Å². The van der Waals surface area contributed by atoms with Gasteiger partial charge in [-0.05, 0) is 28.9 Å². The van der Waals surface area contributed by atoms with Gasteiger partial charge in [0.2, 0.25) is 0 Å². The van der Waals surface area contributed by atoms with Crippen molar-refractivity contribution in [2.75, 3.05) is 7.11 Å². The van der Waals surface area contributed by atoms with E-state index in [0.717, 1.165) is 10.0 Å². The first-order valence-corrected chi connectivity index (χ1v) is 6.89. The first-order valence-electron chi connectivity index (χ1n) is 6.10. The number of fused-ring (bicyclic) bond motifs is 4. The zero-order valence-electron chi connectivity index (χ0n) is 10.9. The summed E-state index contributed by atoms with van der Waals surface area (Å²) in [5.74, 6) is -0.477. The minimum absolute atomic E-state index is 0.372. The summed E-state index contributed by atoms with van der Waals surface area (Å²) in [6.45, 7) is 1.67. The van der Waals surface area contributed by atoms with Crippen LogP contribution in [0.2, 0.25) is 0 Å². The highest BCUT2D eigenvalue weighted by Gasteiger charge is 2.56. The van der Waals surface area contributed by atoms with Crippen LogP contribution in [0.5, 0.6) is 5.75 Å². The second-order valence-electron chi connectivity index (χ2n) is 4.94. The lowest BCUT2D eigenvalue weighted by Crippen LogP contribution is -2.70. The van der Waals surface area contributed by atoms with Gasteiger partial charge < -0.3 is 14.8 Å². The first kappa shape index (κ1) is 13.2. The molecule has 2 amide bonds. The predicted octanol–water partition coefficient (Wildman–Crippen LogP) is 1.70. The minimum Gasteiger partial charge on any atom is -0.469 e. The molecular formula is C13H13BrN2O4. The quantitative estimate of drug-likeness (QED) is 0.763. The molecule has 3 rings (SSSR count). The number of rotatable bonds is 1. The lowest BCUT2D eigenvalue weighted by atomic mass is 9.80. The second-order valence-corrected chi connectivity index (χ2v) is 5.80. The van der Waals surface area contributed by atoms with E-state index >= 15 is 0 Å². The van der Waals surface area contributed by atoms with E-state index in [4.69, 9.17) is 9.47 Å². The van der Waals surface area contributed by atoms with Crippen LogP contribution in [0, 0.1) is 5.92 Å². The van der Waals surface area contributed by atoms with Crippen LogP contribution in [0.15, 0.2) is 22.7 Å². The molecule has 2 bridgehead atoms. The van der Waals surface area contributed by atoms with E-state index in [-0.39, 0.29) is 6.03 Å². The highest BCUT2D eigenvalue weighted by Crippen LogP contribution is 2.47. The summed E-state index contributed by atoms with van der Waals surface area (Å²) >= 11 is 3.42. The predicted molar refractivity (Wildman–Crippen MR) is 73.1 cm³/mol. The molecule has 1 saturated heterocycles. The summed E-state index contributed by atoms with van der Waals surface area (Å²) in [4.78, 5) is 23.8. The first-order chi connectivity index (χ1) is 9.46. The molecule has 3 atom stereocenters. The Morgan fingerprint density at radius 3 is 2.95 bits per heavy atom. The molecule has 6 nitrogen and oxygen atoms in total. The fraction of sp³-hybridized carbons (Fsp3) is 0.385. The summed E-state index contributed by atoms with van der Waals surface area (Å²) in [5, 5.41) is 5.43. The molecule has 3 unspecified atom stereocenters. The zero-order valence-corrected chi connectivity index (χ0v) is 12.5. The third kappa shape index (κ3) is 1.76. The molecule has 106 valence electrons. The number of hydrogen-bond donors (Lipinski definition) is 2. The maximum atomic E-state index is 12.1. The molecule has 2 aliphatic rings. The lowest BCUT2D eigenvalue weighted by Gasteiger charge is -2.49. The summed E-state index contributed by atoms with van der Waals surface area (Å²) in [5.41, 5.74) is -0.390. The van der Waals surface area contributed by atoms with E-state index in [0.29, 0.717) is 5.75 Å². The van der Waals surface area contributed by atoms with Crippen LogP contribution in [-0.4, -0.2) is 24.8 Å². The van der Waals surface area contributed by atoms with Gasteiger partial charge in [0.1, 0.15) is 11.7 Å². The van der Waals surface area contributed by atoms with Crippen molar-refractivity contribution in [2.24, 2.45) is 5.92 Å². The van der Waals surface area contributed by atoms with E-state index in [9.17, 15) is 9.59 Å². The van der Waals surface area contributed by atoms with E-state index in [1.807, 2.05) is 18.2 Å². The molecule has 2 N–H and O–H groups in total. The number of amides is 2. The van der Waals surface area contributed by atoms with Gasteiger partial charge in [0.25, 0.3) is 0 Å². The van der Waals surface area contributed by atoms with Gasteiger partial charge >= 0.3 is 12.0 Å². The maximum absolute atomic E-state index is 12.1. The number of halogens is 1. The van der Waals surface area contributed by atoms with Crippen molar-refractivity contribution in [1.29, 1.82) is 0 Å². The summed E-state index contributed by atoms with van der Waals surface area (Å²) < 4.78 is 11.5. The Hall–Kier alpha value is -1.76. The van der Waals surface area contributed by atoms with Crippen LogP contribution in [0.25, 0.3) is 0 Å². The maximum Gasteiger partial charge on any atom is 0.318 e. The number of hydrogen-bond acceptors (Lipinski definition) is 4. The number of esters is 1. The molecule has 0 aliphatic carbocycles. The summed E-state index contributed by atoms with van der Waals surface area (Å²) in [6.07, 6.45) is 0. The average Bonchev–Trinajstić information content (AvgIpc) is 2.38. The van der Waals surface area contributed by atoms with Gasteiger partial charge in [0.15, 0.2) is 5.72 Å². The number of para-hydroxylation sites is 1. The molecule has 20 heavy (non-hydrogen) atoms. The number of ether oxygens (including phenoxy) is 2. The molecule has 2 aliphatic heterocycles. The Morgan fingerprint density at radius 2 is 2.25 bits per heavy atom. The van der Waals surface area contributed by atoms with Crippen LogP contribution >= 0.6 is 15.9 Å². The number of carbonyl (C=O) groups is 2. The molecule has 1 aromatic rings. The normalized spacial score (nSPS) is 30.4. The third-order valence-electron chi connectivity index (χ3n) is 3.68. The van der Waals surface area contributed by atoms with Gasteiger partial charge in [0.05, 0.1) is 17.6 Å². The SMILES string of the molecule is COC(=O)C1C2NC(=O)NC1(C)Oc1c(Br)cccc12. The van der Waals surface area contributed by atoms with Crippen molar-refractivity contribution < 1.29 is 19.1 Å². The Morgan fingerprint density at radius 1 is 1.50 bits per heavy atom. The van der Waals surface area contributed by atoms with E-state index in [2.05, 4.69) is 26.6 Å². The van der Waals surface area contributed by atoms with Crippen LogP contribution in [-0.2, 0) is 9.53 Å². The van der Waals surface area contributed by atoms with Crippen LogP contribution < -0.4 is 15.4 Å². The fourth-order valence-corrected chi connectivity index (χ4v) is 3.27. The van der Waals surface area contributed by atoms with Gasteiger partial charge in [-0.1, -0.05) is 12.1 Å². The number of nitrogens with one attached hydrogen (secondary N) is 2. The van der Waals surface area contributed by atoms with Gasteiger partial charge in [-0.2, -0.15) is 0 Å². The molecule has 0 aromatic heterocycles. The average molecular weight is 341 g/mol. The molecule has 0 saturated carbocycles. The minimum atomic E-state index is -1.14. The molecule has 1 aromatic carbocycles. The van der Waals surface area contributed by atoms with Gasteiger partial charge in [-0.25, -0.2) is 4.79 Å². The largest absolute Gasteiger partial charge is 0.469 e. The Bertz CT molecular complexity index is 606. The molecule has 1 fully saturated rings. The molecule has 0 spiro atoms. The lowest BCUT2D eigenvalue weighted by molar-refractivity contribution is -0.160. The molecule has 2 heterocycles. The van der Waals surface area contributed by atoms with Crippen molar-refractivity contribution in [3.63, 3.8) is 0 Å². The topological polar surface area (TPSA) is 76.7 Å². The Labute approximate surface area is 123 Å². The number of benzene rings is 1. The van der Waals surface area contributed by atoms with Gasteiger partial charge in [-0.3, -0.25) is 10.1 Å². The Kier molecular flexibility index (Phi) is 2.89. The van der Waals surface area contributed by atoms with Crippen molar-refractivity contribution in [3.05, 3.63) is 28.2 Å². The zero-order chi connectivity index (χ0) is 14.5. The summed E-state index contributed by atoms with van der Waals surface area (Å²) in [6, 6.07) is 4.65. The highest BCUT2D eigenvalue weighted by atomic mass is 79.9.